The Labute approximate surface area is 126 Å². The molecule has 1 aromatic rings. The number of imide groups is 1. The summed E-state index contributed by atoms with van der Waals surface area (Å²) in [5.74, 6) is -0.804. The normalized spacial score (nSPS) is 15.6. The van der Waals surface area contributed by atoms with Gasteiger partial charge < -0.3 is 5.11 Å². The molecule has 1 aliphatic heterocycles. The van der Waals surface area contributed by atoms with Crippen molar-refractivity contribution in [1.29, 1.82) is 0 Å². The fourth-order valence-electron chi connectivity index (χ4n) is 2.15. The number of benzene rings is 1. The van der Waals surface area contributed by atoms with Crippen molar-refractivity contribution in [1.82, 2.24) is 4.90 Å². The minimum absolute atomic E-state index is 0.0893. The lowest BCUT2D eigenvalue weighted by Crippen LogP contribution is -2.37. The van der Waals surface area contributed by atoms with E-state index in [-0.39, 0.29) is 30.0 Å². The Morgan fingerprint density at radius 2 is 1.81 bits per heavy atom. The van der Waals surface area contributed by atoms with Crippen LogP contribution in [0.5, 0.6) is 0 Å². The molecule has 0 aliphatic carbocycles. The molecule has 0 atom stereocenters. The fourth-order valence-corrected chi connectivity index (χ4v) is 3.01. The lowest BCUT2D eigenvalue weighted by molar-refractivity contribution is -0.138. The predicted octanol–water partition coefficient (Wildman–Crippen LogP) is 2.04. The van der Waals surface area contributed by atoms with E-state index in [1.165, 1.54) is 29.2 Å². The monoisotopic (exact) mass is 309 g/mol. The molecule has 6 heteroatoms. The molecular formula is C15H16FNO3S. The summed E-state index contributed by atoms with van der Waals surface area (Å²) in [7, 11) is 0. The first-order valence-electron chi connectivity index (χ1n) is 6.59. The smallest absolute Gasteiger partial charge is 0.268 e. The van der Waals surface area contributed by atoms with Crippen molar-refractivity contribution >= 4 is 29.1 Å². The van der Waals surface area contributed by atoms with E-state index in [0.29, 0.717) is 16.2 Å². The summed E-state index contributed by atoms with van der Waals surface area (Å²) in [5, 5.41) is 8.94. The summed E-state index contributed by atoms with van der Waals surface area (Å²) in [5.41, 5.74) is 0.797. The van der Waals surface area contributed by atoms with Crippen molar-refractivity contribution in [2.24, 2.45) is 0 Å². The number of aliphatic hydroxyl groups excluding tert-OH is 1. The molecule has 2 rings (SSSR count). The fraction of sp³-hybridized carbons (Fsp3) is 0.333. The van der Waals surface area contributed by atoms with E-state index < -0.39 is 5.82 Å². The zero-order chi connectivity index (χ0) is 15.6. The molecule has 1 heterocycles. The van der Waals surface area contributed by atoms with Crippen LogP contribution in [-0.4, -0.2) is 40.2 Å². The van der Waals surface area contributed by atoms with Crippen LogP contribution in [0.3, 0.4) is 0 Å². The van der Waals surface area contributed by atoms with Gasteiger partial charge in [-0.2, -0.15) is 0 Å². The Bertz CT molecular complexity index is 595. The van der Waals surface area contributed by atoms with Gasteiger partial charge in [0.2, 0.25) is 0 Å². The van der Waals surface area contributed by atoms with Crippen molar-refractivity contribution in [3.8, 4) is 0 Å². The van der Waals surface area contributed by atoms with Gasteiger partial charge in [-0.25, -0.2) is 4.39 Å². The zero-order valence-corrected chi connectivity index (χ0v) is 12.6. The molecule has 2 amide bonds. The van der Waals surface area contributed by atoms with Gasteiger partial charge in [-0.1, -0.05) is 12.1 Å². The van der Waals surface area contributed by atoms with Crippen LogP contribution >= 0.6 is 11.8 Å². The summed E-state index contributed by atoms with van der Waals surface area (Å²) in [4.78, 5) is 26.4. The molecule has 4 nitrogen and oxygen atoms in total. The van der Waals surface area contributed by atoms with Gasteiger partial charge in [0.1, 0.15) is 5.82 Å². The number of hydrogen-bond donors (Lipinski definition) is 1. The molecular weight excluding hydrogens is 293 g/mol. The minimum Gasteiger partial charge on any atom is -0.396 e. The van der Waals surface area contributed by atoms with Crippen LogP contribution < -0.4 is 0 Å². The van der Waals surface area contributed by atoms with Crippen LogP contribution in [0.25, 0.3) is 5.57 Å². The second-order valence-corrected chi connectivity index (χ2v) is 5.96. The van der Waals surface area contributed by atoms with Gasteiger partial charge in [0.05, 0.1) is 17.1 Å². The third kappa shape index (κ3) is 3.01. The van der Waals surface area contributed by atoms with Crippen LogP contribution in [0.1, 0.15) is 19.4 Å². The van der Waals surface area contributed by atoms with Gasteiger partial charge in [0, 0.05) is 11.8 Å². The maximum absolute atomic E-state index is 13.0. The van der Waals surface area contributed by atoms with Gasteiger partial charge in [0.15, 0.2) is 0 Å². The van der Waals surface area contributed by atoms with Crippen molar-refractivity contribution in [3.05, 3.63) is 40.6 Å². The van der Waals surface area contributed by atoms with Crippen LogP contribution in [0, 0.1) is 5.82 Å². The maximum Gasteiger partial charge on any atom is 0.268 e. The van der Waals surface area contributed by atoms with E-state index in [2.05, 4.69) is 0 Å². The summed E-state index contributed by atoms with van der Waals surface area (Å²) in [6.45, 7) is 3.43. The Morgan fingerprint density at radius 1 is 1.19 bits per heavy atom. The van der Waals surface area contributed by atoms with Gasteiger partial charge in [0.25, 0.3) is 11.8 Å². The highest BCUT2D eigenvalue weighted by atomic mass is 32.2. The van der Waals surface area contributed by atoms with Crippen molar-refractivity contribution in [2.75, 3.05) is 12.4 Å². The van der Waals surface area contributed by atoms with E-state index in [0.717, 1.165) is 11.8 Å². The van der Waals surface area contributed by atoms with Gasteiger partial charge >= 0.3 is 0 Å². The second kappa shape index (κ2) is 6.41. The quantitative estimate of drug-likeness (QED) is 0.846. The standard InChI is InChI=1S/C15H16FNO3S/c1-9(2)17-14(19)12(10-3-5-11(16)6-4-10)13(15(17)20)21-8-7-18/h3-6,9,18H,7-8H2,1-2H3. The topological polar surface area (TPSA) is 57.6 Å². The second-order valence-electron chi connectivity index (χ2n) is 4.86. The van der Waals surface area contributed by atoms with E-state index in [1.54, 1.807) is 13.8 Å². The number of aliphatic hydroxyl groups is 1. The molecule has 21 heavy (non-hydrogen) atoms. The third-order valence-corrected chi connectivity index (χ3v) is 4.11. The molecule has 0 spiro atoms. The van der Waals surface area contributed by atoms with Gasteiger partial charge in [-0.05, 0) is 31.5 Å². The Hall–Kier alpha value is -1.66. The van der Waals surface area contributed by atoms with E-state index >= 15 is 0 Å². The van der Waals surface area contributed by atoms with Gasteiger partial charge in [-0.15, -0.1) is 11.8 Å². The van der Waals surface area contributed by atoms with Gasteiger partial charge in [-0.3, -0.25) is 14.5 Å². The lowest BCUT2D eigenvalue weighted by atomic mass is 10.1. The number of thioether (sulfide) groups is 1. The maximum atomic E-state index is 13.0. The third-order valence-electron chi connectivity index (χ3n) is 3.06. The summed E-state index contributed by atoms with van der Waals surface area (Å²) in [6.07, 6.45) is 0. The average Bonchev–Trinajstić information content (AvgIpc) is 2.68. The van der Waals surface area contributed by atoms with E-state index in [1.807, 2.05) is 0 Å². The Morgan fingerprint density at radius 3 is 2.33 bits per heavy atom. The number of amides is 2. The first kappa shape index (κ1) is 15.7. The summed E-state index contributed by atoms with van der Waals surface area (Å²) < 4.78 is 13.0. The number of rotatable bonds is 5. The van der Waals surface area contributed by atoms with Crippen LogP contribution in [0.15, 0.2) is 29.2 Å². The van der Waals surface area contributed by atoms with Crippen molar-refractivity contribution in [2.45, 2.75) is 19.9 Å². The number of nitrogens with zero attached hydrogens (tertiary/aromatic N) is 1. The SMILES string of the molecule is CC(C)N1C(=O)C(SCCO)=C(c2ccc(F)cc2)C1=O. The molecule has 0 bridgehead atoms. The zero-order valence-electron chi connectivity index (χ0n) is 11.8. The molecule has 1 aliphatic rings. The number of carbonyl (C=O) groups excluding carboxylic acids is 2. The molecule has 1 aromatic carbocycles. The molecule has 0 radical (unpaired) electrons. The van der Waals surface area contributed by atoms with Crippen LogP contribution in [-0.2, 0) is 9.59 Å². The highest BCUT2D eigenvalue weighted by Crippen LogP contribution is 2.36. The number of carbonyl (C=O) groups is 2. The largest absolute Gasteiger partial charge is 0.396 e. The highest BCUT2D eigenvalue weighted by molar-refractivity contribution is 8.04. The first-order valence-corrected chi connectivity index (χ1v) is 7.57. The molecule has 1 N–H and O–H groups in total. The van der Waals surface area contributed by atoms with Crippen LogP contribution in [0.4, 0.5) is 4.39 Å². The number of halogens is 1. The molecule has 0 saturated heterocycles. The highest BCUT2D eigenvalue weighted by Gasteiger charge is 2.40. The lowest BCUT2D eigenvalue weighted by Gasteiger charge is -2.19. The summed E-state index contributed by atoms with van der Waals surface area (Å²) in [6, 6.07) is 5.23. The minimum atomic E-state index is -0.401. The molecule has 0 unspecified atom stereocenters. The Kier molecular flexibility index (Phi) is 4.80. The van der Waals surface area contributed by atoms with Crippen molar-refractivity contribution < 1.29 is 19.1 Å². The summed E-state index contributed by atoms with van der Waals surface area (Å²) >= 11 is 1.15. The molecule has 112 valence electrons. The van der Waals surface area contributed by atoms with Crippen molar-refractivity contribution in [3.63, 3.8) is 0 Å². The van der Waals surface area contributed by atoms with Crippen LogP contribution in [0.2, 0.25) is 0 Å². The molecule has 0 fully saturated rings. The van der Waals surface area contributed by atoms with E-state index in [4.69, 9.17) is 5.11 Å². The average molecular weight is 309 g/mol. The Balaban J connectivity index is 2.48. The first-order chi connectivity index (χ1) is 9.97. The number of hydrogen-bond acceptors (Lipinski definition) is 4. The van der Waals surface area contributed by atoms with E-state index in [9.17, 15) is 14.0 Å². The predicted molar refractivity (Wildman–Crippen MR) is 79.9 cm³/mol. The molecule has 0 saturated carbocycles. The molecule has 0 aromatic heterocycles.